The summed E-state index contributed by atoms with van der Waals surface area (Å²) in [4.78, 5) is 39.5. The normalized spacial score (nSPS) is 17.9. The molecule has 0 unspecified atom stereocenters. The molecule has 3 rings (SSSR count). The van der Waals surface area contributed by atoms with Gasteiger partial charge >= 0.3 is 12.1 Å². The van der Waals surface area contributed by atoms with Gasteiger partial charge in [0.25, 0.3) is 11.1 Å². The molecule has 8 nitrogen and oxygen atoms in total. The van der Waals surface area contributed by atoms with Crippen LogP contribution in [0.4, 0.5) is 29.3 Å². The Balaban J connectivity index is 1.65. The fraction of sp³-hybridized carbons (Fsp3) is 0.550. The van der Waals surface area contributed by atoms with Crippen LogP contribution in [0.15, 0.2) is 18.2 Å². The summed E-state index contributed by atoms with van der Waals surface area (Å²) in [7, 11) is 0. The van der Waals surface area contributed by atoms with Crippen molar-refractivity contribution in [2.45, 2.75) is 25.6 Å². The number of benzene rings is 1. The number of halogens is 3. The SMILES string of the molecule is C[C@@H](OC(=O)CCN1CCSC1=O)C(=O)Nc1cc(C(F)(F)F)ccc1N1CCOCC1. The third kappa shape index (κ3) is 6.28. The Morgan fingerprint density at radius 3 is 2.59 bits per heavy atom. The Morgan fingerprint density at radius 2 is 1.97 bits per heavy atom. The number of alkyl halides is 3. The lowest BCUT2D eigenvalue weighted by atomic mass is 10.1. The maximum atomic E-state index is 13.2. The maximum absolute atomic E-state index is 13.2. The monoisotopic (exact) mass is 475 g/mol. The van der Waals surface area contributed by atoms with E-state index in [0.717, 1.165) is 12.1 Å². The minimum atomic E-state index is -4.58. The number of amides is 2. The van der Waals surface area contributed by atoms with Crippen molar-refractivity contribution in [3.63, 3.8) is 0 Å². The van der Waals surface area contributed by atoms with E-state index in [4.69, 9.17) is 9.47 Å². The highest BCUT2D eigenvalue weighted by Crippen LogP contribution is 2.36. The summed E-state index contributed by atoms with van der Waals surface area (Å²) in [6.07, 6.45) is -5.88. The van der Waals surface area contributed by atoms with Gasteiger partial charge in [0.2, 0.25) is 0 Å². The predicted octanol–water partition coefficient (Wildman–Crippen LogP) is 2.97. The fourth-order valence-electron chi connectivity index (χ4n) is 3.29. The quantitative estimate of drug-likeness (QED) is 0.607. The van der Waals surface area contributed by atoms with Gasteiger partial charge in [-0.25, -0.2) is 0 Å². The van der Waals surface area contributed by atoms with Crippen LogP contribution < -0.4 is 10.2 Å². The van der Waals surface area contributed by atoms with E-state index in [1.165, 1.54) is 29.7 Å². The van der Waals surface area contributed by atoms with Crippen LogP contribution in [0.2, 0.25) is 0 Å². The van der Waals surface area contributed by atoms with Crippen molar-refractivity contribution in [2.24, 2.45) is 0 Å². The third-order valence-corrected chi connectivity index (χ3v) is 5.93. The van der Waals surface area contributed by atoms with Gasteiger partial charge in [0, 0.05) is 31.9 Å². The number of nitrogens with zero attached hydrogens (tertiary/aromatic N) is 2. The molecule has 0 spiro atoms. The molecule has 0 bridgehead atoms. The third-order valence-electron chi connectivity index (χ3n) is 5.04. The summed E-state index contributed by atoms with van der Waals surface area (Å²) in [5.74, 6) is -0.760. The molecule has 2 aliphatic rings. The van der Waals surface area contributed by atoms with E-state index in [-0.39, 0.29) is 23.9 Å². The van der Waals surface area contributed by atoms with Gasteiger partial charge in [0.05, 0.1) is 36.6 Å². The number of carbonyl (C=O) groups excluding carboxylic acids is 3. The van der Waals surface area contributed by atoms with E-state index in [1.54, 1.807) is 0 Å². The molecule has 0 radical (unpaired) electrons. The summed E-state index contributed by atoms with van der Waals surface area (Å²) in [6.45, 7) is 3.84. The molecule has 2 heterocycles. The van der Waals surface area contributed by atoms with Gasteiger partial charge in [0.1, 0.15) is 0 Å². The number of hydrogen-bond donors (Lipinski definition) is 1. The molecule has 1 aromatic carbocycles. The Kier molecular flexibility index (Phi) is 7.88. The van der Waals surface area contributed by atoms with E-state index >= 15 is 0 Å². The maximum Gasteiger partial charge on any atom is 0.416 e. The number of ether oxygens (including phenoxy) is 2. The number of morpholine rings is 1. The van der Waals surface area contributed by atoms with Crippen molar-refractivity contribution < 1.29 is 37.0 Å². The molecule has 0 aliphatic carbocycles. The average molecular weight is 475 g/mol. The molecule has 0 saturated carbocycles. The summed E-state index contributed by atoms with van der Waals surface area (Å²) >= 11 is 1.17. The largest absolute Gasteiger partial charge is 0.452 e. The molecule has 12 heteroatoms. The first-order chi connectivity index (χ1) is 15.1. The van der Waals surface area contributed by atoms with Crippen LogP contribution in [0.1, 0.15) is 18.9 Å². The van der Waals surface area contributed by atoms with Crippen molar-refractivity contribution in [3.05, 3.63) is 23.8 Å². The van der Waals surface area contributed by atoms with Gasteiger partial charge in [-0.05, 0) is 25.1 Å². The molecule has 1 N–H and O–H groups in total. The second-order valence-corrected chi connectivity index (χ2v) is 8.35. The van der Waals surface area contributed by atoms with E-state index in [1.807, 2.05) is 4.90 Å². The van der Waals surface area contributed by atoms with E-state index in [0.29, 0.717) is 44.3 Å². The molecule has 2 fully saturated rings. The summed E-state index contributed by atoms with van der Waals surface area (Å²) in [6, 6.07) is 3.14. The van der Waals surface area contributed by atoms with Crippen LogP contribution >= 0.6 is 11.8 Å². The van der Waals surface area contributed by atoms with Crippen molar-refractivity contribution >= 4 is 40.3 Å². The lowest BCUT2D eigenvalue weighted by Crippen LogP contribution is -2.37. The predicted molar refractivity (Wildman–Crippen MR) is 113 cm³/mol. The van der Waals surface area contributed by atoms with Crippen molar-refractivity contribution in [1.29, 1.82) is 0 Å². The lowest BCUT2D eigenvalue weighted by molar-refractivity contribution is -0.153. The highest BCUT2D eigenvalue weighted by Gasteiger charge is 2.32. The number of esters is 1. The molecule has 2 amide bonds. The number of carbonyl (C=O) groups is 3. The number of hydrogen-bond acceptors (Lipinski definition) is 7. The summed E-state index contributed by atoms with van der Waals surface area (Å²) < 4.78 is 50.0. The lowest BCUT2D eigenvalue weighted by Gasteiger charge is -2.31. The van der Waals surface area contributed by atoms with Crippen molar-refractivity contribution in [3.8, 4) is 0 Å². The smallest absolute Gasteiger partial charge is 0.416 e. The van der Waals surface area contributed by atoms with Crippen LogP contribution in [0.25, 0.3) is 0 Å². The van der Waals surface area contributed by atoms with Gasteiger partial charge in [-0.15, -0.1) is 0 Å². The molecule has 2 aliphatic heterocycles. The Morgan fingerprint density at radius 1 is 1.25 bits per heavy atom. The second-order valence-electron chi connectivity index (χ2n) is 7.30. The van der Waals surface area contributed by atoms with Crippen LogP contribution in [0, 0.1) is 0 Å². The highest BCUT2D eigenvalue weighted by atomic mass is 32.2. The Hall–Kier alpha value is -2.47. The first-order valence-corrected chi connectivity index (χ1v) is 11.1. The first kappa shape index (κ1) is 24.2. The molecule has 1 atom stereocenters. The molecule has 176 valence electrons. The van der Waals surface area contributed by atoms with Gasteiger partial charge in [-0.1, -0.05) is 11.8 Å². The molecular formula is C20H24F3N3O5S. The zero-order chi connectivity index (χ0) is 23.3. The zero-order valence-electron chi connectivity index (χ0n) is 17.4. The van der Waals surface area contributed by atoms with E-state index in [2.05, 4.69) is 5.32 Å². The molecule has 1 aromatic rings. The molecule has 32 heavy (non-hydrogen) atoms. The molecule has 2 saturated heterocycles. The van der Waals surface area contributed by atoms with E-state index < -0.39 is 29.7 Å². The standard InChI is InChI=1S/C20H24F3N3O5S/c1-13(31-17(27)4-5-26-8-11-32-19(26)29)18(28)24-15-12-14(20(21,22)23)2-3-16(15)25-6-9-30-10-7-25/h2-3,12-13H,4-11H2,1H3,(H,24,28)/t13-/m1/s1. The van der Waals surface area contributed by atoms with Crippen molar-refractivity contribution in [2.75, 3.05) is 55.4 Å². The first-order valence-electron chi connectivity index (χ1n) is 10.1. The van der Waals surface area contributed by atoms with Crippen LogP contribution in [0.3, 0.4) is 0 Å². The van der Waals surface area contributed by atoms with Crippen LogP contribution in [0.5, 0.6) is 0 Å². The average Bonchev–Trinajstić information content (AvgIpc) is 3.17. The summed E-state index contributed by atoms with van der Waals surface area (Å²) in [5, 5.41) is 2.36. The van der Waals surface area contributed by atoms with Gasteiger partial charge in [-0.2, -0.15) is 13.2 Å². The molecular weight excluding hydrogens is 451 g/mol. The second kappa shape index (κ2) is 10.4. The number of nitrogens with one attached hydrogen (secondary N) is 1. The Bertz CT molecular complexity index is 861. The number of anilines is 2. The minimum Gasteiger partial charge on any atom is -0.452 e. The van der Waals surface area contributed by atoms with E-state index in [9.17, 15) is 27.6 Å². The summed E-state index contributed by atoms with van der Waals surface area (Å²) in [5.41, 5.74) is -0.491. The van der Waals surface area contributed by atoms with Crippen LogP contribution in [-0.4, -0.2) is 73.3 Å². The Labute approximate surface area is 187 Å². The van der Waals surface area contributed by atoms with Crippen LogP contribution in [-0.2, 0) is 25.2 Å². The van der Waals surface area contributed by atoms with Crippen molar-refractivity contribution in [1.82, 2.24) is 4.90 Å². The molecule has 0 aromatic heterocycles. The fourth-order valence-corrected chi connectivity index (χ4v) is 4.14. The minimum absolute atomic E-state index is 0.0192. The topological polar surface area (TPSA) is 88.2 Å². The highest BCUT2D eigenvalue weighted by molar-refractivity contribution is 8.13. The van der Waals surface area contributed by atoms with Gasteiger partial charge < -0.3 is 24.6 Å². The van der Waals surface area contributed by atoms with Gasteiger partial charge in [0.15, 0.2) is 6.10 Å². The number of rotatable bonds is 7. The van der Waals surface area contributed by atoms with Gasteiger partial charge in [-0.3, -0.25) is 14.4 Å². The zero-order valence-corrected chi connectivity index (χ0v) is 18.3. The number of thioether (sulfide) groups is 1.